The van der Waals surface area contributed by atoms with Gasteiger partial charge in [-0.15, -0.1) is 0 Å². The lowest BCUT2D eigenvalue weighted by Gasteiger charge is -2.05. The molecule has 2 aromatic carbocycles. The molecule has 0 saturated carbocycles. The lowest BCUT2D eigenvalue weighted by Crippen LogP contribution is -1.95. The fourth-order valence-electron chi connectivity index (χ4n) is 2.35. The molecule has 3 aromatic rings. The standard InChI is InChI=1S/C17H15N3/c1-12(2)16-5-3-4-14-11-20(19-17(14)16)15-8-6-13(10-18)7-9-15/h3-9,11-12H,1-2H3. The zero-order valence-electron chi connectivity index (χ0n) is 11.5. The van der Waals surface area contributed by atoms with Gasteiger partial charge >= 0.3 is 0 Å². The molecule has 0 radical (unpaired) electrons. The molecule has 0 aliphatic carbocycles. The van der Waals surface area contributed by atoms with E-state index < -0.39 is 0 Å². The summed E-state index contributed by atoms with van der Waals surface area (Å²) in [5, 5.41) is 14.7. The van der Waals surface area contributed by atoms with E-state index in [1.165, 1.54) is 5.56 Å². The molecular weight excluding hydrogens is 246 g/mol. The minimum absolute atomic E-state index is 0.447. The number of hydrogen-bond donors (Lipinski definition) is 0. The molecule has 3 heteroatoms. The van der Waals surface area contributed by atoms with Gasteiger partial charge in [0.25, 0.3) is 0 Å². The summed E-state index contributed by atoms with van der Waals surface area (Å²) in [6, 6.07) is 15.9. The van der Waals surface area contributed by atoms with Crippen LogP contribution >= 0.6 is 0 Å². The maximum atomic E-state index is 8.84. The number of nitrogens with zero attached hydrogens (tertiary/aromatic N) is 3. The Morgan fingerprint density at radius 3 is 2.50 bits per heavy atom. The van der Waals surface area contributed by atoms with Crippen molar-refractivity contribution in [3.8, 4) is 11.8 Å². The average molecular weight is 261 g/mol. The van der Waals surface area contributed by atoms with Crippen molar-refractivity contribution < 1.29 is 0 Å². The fraction of sp³-hybridized carbons (Fsp3) is 0.176. The van der Waals surface area contributed by atoms with Gasteiger partial charge in [0, 0.05) is 11.6 Å². The molecule has 0 saturated heterocycles. The second-order valence-electron chi connectivity index (χ2n) is 5.17. The van der Waals surface area contributed by atoms with Gasteiger partial charge in [-0.1, -0.05) is 32.0 Å². The summed E-state index contributed by atoms with van der Waals surface area (Å²) in [5.41, 5.74) is 3.94. The van der Waals surface area contributed by atoms with Gasteiger partial charge in [-0.3, -0.25) is 0 Å². The number of fused-ring (bicyclic) bond motifs is 1. The van der Waals surface area contributed by atoms with E-state index in [-0.39, 0.29) is 0 Å². The summed E-state index contributed by atoms with van der Waals surface area (Å²) in [6.45, 7) is 4.35. The Hall–Kier alpha value is -2.60. The van der Waals surface area contributed by atoms with Gasteiger partial charge in [0.15, 0.2) is 0 Å². The fourth-order valence-corrected chi connectivity index (χ4v) is 2.35. The van der Waals surface area contributed by atoms with Crippen LogP contribution in [0.2, 0.25) is 0 Å². The maximum absolute atomic E-state index is 8.84. The number of aromatic nitrogens is 2. The predicted molar refractivity (Wildman–Crippen MR) is 79.9 cm³/mol. The molecular formula is C17H15N3. The highest BCUT2D eigenvalue weighted by Gasteiger charge is 2.09. The molecule has 3 rings (SSSR count). The normalized spacial score (nSPS) is 10.9. The lowest BCUT2D eigenvalue weighted by atomic mass is 10.0. The number of rotatable bonds is 2. The third kappa shape index (κ3) is 2.06. The lowest BCUT2D eigenvalue weighted by molar-refractivity contribution is 0.854. The molecule has 0 amide bonds. The Labute approximate surface area is 118 Å². The highest BCUT2D eigenvalue weighted by Crippen LogP contribution is 2.25. The summed E-state index contributed by atoms with van der Waals surface area (Å²) < 4.78 is 1.87. The molecule has 0 spiro atoms. The summed E-state index contributed by atoms with van der Waals surface area (Å²) in [4.78, 5) is 0. The quantitative estimate of drug-likeness (QED) is 0.699. The van der Waals surface area contributed by atoms with Crippen LogP contribution in [0.1, 0.15) is 30.9 Å². The molecule has 0 aliphatic heterocycles. The van der Waals surface area contributed by atoms with E-state index in [1.807, 2.05) is 35.1 Å². The molecule has 0 aliphatic rings. The van der Waals surface area contributed by atoms with Crippen molar-refractivity contribution in [1.29, 1.82) is 5.26 Å². The van der Waals surface area contributed by atoms with E-state index in [1.54, 1.807) is 0 Å². The second kappa shape index (κ2) is 4.82. The predicted octanol–water partition coefficient (Wildman–Crippen LogP) is 4.02. The molecule has 98 valence electrons. The van der Waals surface area contributed by atoms with E-state index >= 15 is 0 Å². The molecule has 0 atom stereocenters. The largest absolute Gasteiger partial charge is 0.240 e. The van der Waals surface area contributed by atoms with Crippen LogP contribution in [0, 0.1) is 11.3 Å². The monoisotopic (exact) mass is 261 g/mol. The van der Waals surface area contributed by atoms with Crippen LogP contribution in [-0.4, -0.2) is 9.78 Å². The van der Waals surface area contributed by atoms with Crippen molar-refractivity contribution in [1.82, 2.24) is 9.78 Å². The summed E-state index contributed by atoms with van der Waals surface area (Å²) in [7, 11) is 0. The Morgan fingerprint density at radius 1 is 1.10 bits per heavy atom. The van der Waals surface area contributed by atoms with Crippen LogP contribution < -0.4 is 0 Å². The average Bonchev–Trinajstić information content (AvgIpc) is 2.90. The van der Waals surface area contributed by atoms with Gasteiger partial charge in [0.1, 0.15) is 0 Å². The third-order valence-electron chi connectivity index (χ3n) is 3.45. The molecule has 0 fully saturated rings. The van der Waals surface area contributed by atoms with Gasteiger partial charge in [-0.25, -0.2) is 4.68 Å². The second-order valence-corrected chi connectivity index (χ2v) is 5.17. The minimum Gasteiger partial charge on any atom is -0.240 e. The van der Waals surface area contributed by atoms with Crippen molar-refractivity contribution >= 4 is 10.9 Å². The minimum atomic E-state index is 0.447. The van der Waals surface area contributed by atoms with Gasteiger partial charge in [0.2, 0.25) is 0 Å². The first kappa shape index (κ1) is 12.4. The van der Waals surface area contributed by atoms with Crippen LogP contribution in [0.15, 0.2) is 48.7 Å². The van der Waals surface area contributed by atoms with Crippen molar-refractivity contribution in [3.05, 3.63) is 59.8 Å². The molecule has 0 unspecified atom stereocenters. The summed E-state index contributed by atoms with van der Waals surface area (Å²) in [5.74, 6) is 0.447. The number of benzene rings is 2. The van der Waals surface area contributed by atoms with Gasteiger partial charge in [0.05, 0.1) is 22.8 Å². The van der Waals surface area contributed by atoms with Crippen LogP contribution in [0.25, 0.3) is 16.6 Å². The summed E-state index contributed by atoms with van der Waals surface area (Å²) in [6.07, 6.45) is 2.03. The van der Waals surface area contributed by atoms with Crippen molar-refractivity contribution in [2.24, 2.45) is 0 Å². The Kier molecular flexibility index (Phi) is 3.00. The third-order valence-corrected chi connectivity index (χ3v) is 3.45. The van der Waals surface area contributed by atoms with Crippen LogP contribution in [0.5, 0.6) is 0 Å². The number of nitriles is 1. The first-order valence-electron chi connectivity index (χ1n) is 6.68. The summed E-state index contributed by atoms with van der Waals surface area (Å²) >= 11 is 0. The Bertz CT molecular complexity index is 789. The maximum Gasteiger partial charge on any atom is 0.0991 e. The SMILES string of the molecule is CC(C)c1cccc2cn(-c3ccc(C#N)cc3)nc12. The van der Waals surface area contributed by atoms with Crippen LogP contribution in [-0.2, 0) is 0 Å². The van der Waals surface area contributed by atoms with Gasteiger partial charge in [-0.05, 0) is 35.7 Å². The van der Waals surface area contributed by atoms with Crippen molar-refractivity contribution in [2.45, 2.75) is 19.8 Å². The van der Waals surface area contributed by atoms with E-state index in [0.717, 1.165) is 16.6 Å². The Morgan fingerprint density at radius 2 is 1.85 bits per heavy atom. The van der Waals surface area contributed by atoms with E-state index in [4.69, 9.17) is 10.4 Å². The van der Waals surface area contributed by atoms with E-state index in [0.29, 0.717) is 11.5 Å². The van der Waals surface area contributed by atoms with Crippen LogP contribution in [0.4, 0.5) is 0 Å². The van der Waals surface area contributed by atoms with Crippen LogP contribution in [0.3, 0.4) is 0 Å². The zero-order valence-corrected chi connectivity index (χ0v) is 11.5. The zero-order chi connectivity index (χ0) is 14.1. The first-order chi connectivity index (χ1) is 9.69. The smallest absolute Gasteiger partial charge is 0.0991 e. The molecule has 0 bridgehead atoms. The van der Waals surface area contributed by atoms with Gasteiger partial charge < -0.3 is 0 Å². The van der Waals surface area contributed by atoms with Crippen molar-refractivity contribution in [2.75, 3.05) is 0 Å². The molecule has 1 heterocycles. The van der Waals surface area contributed by atoms with E-state index in [9.17, 15) is 0 Å². The number of hydrogen-bond acceptors (Lipinski definition) is 2. The highest BCUT2D eigenvalue weighted by molar-refractivity contribution is 5.82. The first-order valence-corrected chi connectivity index (χ1v) is 6.68. The Balaban J connectivity index is 2.13. The van der Waals surface area contributed by atoms with Gasteiger partial charge in [-0.2, -0.15) is 10.4 Å². The van der Waals surface area contributed by atoms with Crippen molar-refractivity contribution in [3.63, 3.8) is 0 Å². The molecule has 3 nitrogen and oxygen atoms in total. The molecule has 1 aromatic heterocycles. The molecule has 0 N–H and O–H groups in total. The van der Waals surface area contributed by atoms with E-state index in [2.05, 4.69) is 38.1 Å². The highest BCUT2D eigenvalue weighted by atomic mass is 15.3. The topological polar surface area (TPSA) is 41.6 Å². The molecule has 20 heavy (non-hydrogen) atoms.